The maximum atomic E-state index is 4.46. The van der Waals surface area contributed by atoms with E-state index in [-0.39, 0.29) is 0 Å². The third-order valence-corrected chi connectivity index (χ3v) is 0.810. The summed E-state index contributed by atoms with van der Waals surface area (Å²) in [5.41, 5.74) is 0. The van der Waals surface area contributed by atoms with Crippen molar-refractivity contribution >= 4 is 22.6 Å². The van der Waals surface area contributed by atoms with Crippen LogP contribution >= 0.6 is 22.6 Å². The van der Waals surface area contributed by atoms with Crippen LogP contribution in [-0.4, -0.2) is 10.4 Å². The average Bonchev–Trinajstić information content (AvgIpc) is 1.86. The Morgan fingerprint density at radius 2 is 2.67 bits per heavy atom. The first-order valence-corrected chi connectivity index (χ1v) is 2.40. The lowest BCUT2D eigenvalue weighted by molar-refractivity contribution is 0.373. The smallest absolute Gasteiger partial charge is 0.216 e. The highest BCUT2D eigenvalue weighted by Crippen LogP contribution is 1.95. The maximum Gasteiger partial charge on any atom is 0.216 e. The van der Waals surface area contributed by atoms with Crippen molar-refractivity contribution in [3.63, 3.8) is 0 Å². The van der Waals surface area contributed by atoms with E-state index in [0.717, 1.165) is 0 Å². The van der Waals surface area contributed by atoms with Crippen LogP contribution in [0.15, 0.2) is 10.7 Å². The van der Waals surface area contributed by atoms with Gasteiger partial charge < -0.3 is 4.52 Å². The van der Waals surface area contributed by atoms with Gasteiger partial charge in [0.2, 0.25) is 3.77 Å². The summed E-state index contributed by atoms with van der Waals surface area (Å²) in [5.74, 6) is 0. The molecule has 32 valence electrons. The highest BCUT2D eigenvalue weighted by Gasteiger charge is 1.82. The topological polar surface area (TPSA) is 38.9 Å². The third-order valence-electron chi connectivity index (χ3n) is 0.334. The summed E-state index contributed by atoms with van der Waals surface area (Å²) in [6.45, 7) is 0. The Bertz CT molecular complexity index is 115. The molecule has 4 heteroatoms. The molecule has 0 N–H and O–H groups in total. The van der Waals surface area contributed by atoms with Crippen LogP contribution in [0.1, 0.15) is 0 Å². The molecule has 0 saturated carbocycles. The number of aromatic nitrogens is 2. The standard InChI is InChI=1S/C2HIN2O/c3-2-1-4-5-6-2/h1H. The molecule has 1 rings (SSSR count). The second-order valence-corrected chi connectivity index (χ2v) is 1.78. The van der Waals surface area contributed by atoms with Crippen LogP contribution in [0.4, 0.5) is 0 Å². The van der Waals surface area contributed by atoms with E-state index in [1.54, 1.807) is 6.20 Å². The van der Waals surface area contributed by atoms with Crippen molar-refractivity contribution in [2.75, 3.05) is 0 Å². The fraction of sp³-hybridized carbons (Fsp3) is 0. The fourth-order valence-electron chi connectivity index (χ4n) is 0.155. The molecule has 1 aromatic heterocycles. The minimum Gasteiger partial charge on any atom is -0.331 e. The number of nitrogens with zero attached hydrogens (tertiary/aromatic N) is 2. The zero-order chi connectivity index (χ0) is 4.41. The number of hydrogen-bond donors (Lipinski definition) is 0. The van der Waals surface area contributed by atoms with Crippen LogP contribution in [0.2, 0.25) is 0 Å². The SMILES string of the molecule is Ic1cnno1. The van der Waals surface area contributed by atoms with Crippen LogP contribution in [0.3, 0.4) is 0 Å². The van der Waals surface area contributed by atoms with E-state index in [4.69, 9.17) is 0 Å². The van der Waals surface area contributed by atoms with Gasteiger partial charge in [0.05, 0.1) is 0 Å². The minimum atomic E-state index is 0.715. The van der Waals surface area contributed by atoms with Gasteiger partial charge >= 0.3 is 0 Å². The summed E-state index contributed by atoms with van der Waals surface area (Å²) in [7, 11) is 0. The molecule has 0 spiro atoms. The molecular weight excluding hydrogens is 195 g/mol. The van der Waals surface area contributed by atoms with Gasteiger partial charge in [-0.3, -0.25) is 0 Å². The Kier molecular flexibility index (Phi) is 1.04. The van der Waals surface area contributed by atoms with Gasteiger partial charge in [-0.25, -0.2) is 0 Å². The Labute approximate surface area is 47.8 Å². The quantitative estimate of drug-likeness (QED) is 0.572. The molecule has 0 saturated heterocycles. The van der Waals surface area contributed by atoms with Crippen LogP contribution in [0, 0.1) is 3.77 Å². The lowest BCUT2D eigenvalue weighted by Crippen LogP contribution is -1.53. The third kappa shape index (κ3) is 0.675. The summed E-state index contributed by atoms with van der Waals surface area (Å²) in [5, 5.41) is 6.59. The summed E-state index contributed by atoms with van der Waals surface area (Å²) in [6.07, 6.45) is 1.54. The second-order valence-electron chi connectivity index (χ2n) is 0.722. The molecule has 0 aromatic carbocycles. The maximum absolute atomic E-state index is 4.46. The molecule has 0 unspecified atom stereocenters. The summed E-state index contributed by atoms with van der Waals surface area (Å²) >= 11 is 1.98. The summed E-state index contributed by atoms with van der Waals surface area (Å²) in [4.78, 5) is 0. The van der Waals surface area contributed by atoms with Gasteiger partial charge in [0.25, 0.3) is 0 Å². The molecule has 0 atom stereocenters. The van der Waals surface area contributed by atoms with E-state index in [1.807, 2.05) is 22.6 Å². The first kappa shape index (κ1) is 4.04. The second kappa shape index (κ2) is 1.55. The largest absolute Gasteiger partial charge is 0.331 e. The van der Waals surface area contributed by atoms with Gasteiger partial charge in [-0.15, -0.1) is 5.10 Å². The van der Waals surface area contributed by atoms with Gasteiger partial charge in [0, 0.05) is 27.9 Å². The molecule has 6 heavy (non-hydrogen) atoms. The highest BCUT2D eigenvalue weighted by atomic mass is 127. The van der Waals surface area contributed by atoms with Crippen molar-refractivity contribution < 1.29 is 4.52 Å². The summed E-state index contributed by atoms with van der Waals surface area (Å²) < 4.78 is 5.17. The van der Waals surface area contributed by atoms with Gasteiger partial charge in [-0.1, -0.05) is 0 Å². The van der Waals surface area contributed by atoms with Crippen LogP contribution in [-0.2, 0) is 0 Å². The molecule has 0 aliphatic carbocycles. The molecule has 0 aliphatic heterocycles. The van der Waals surface area contributed by atoms with Gasteiger partial charge in [0.1, 0.15) is 6.20 Å². The molecule has 0 fully saturated rings. The van der Waals surface area contributed by atoms with Crippen molar-refractivity contribution in [2.45, 2.75) is 0 Å². The predicted molar refractivity (Wildman–Crippen MR) is 27.0 cm³/mol. The monoisotopic (exact) mass is 196 g/mol. The average molecular weight is 196 g/mol. The molecule has 3 nitrogen and oxygen atoms in total. The number of rotatable bonds is 0. The first-order chi connectivity index (χ1) is 2.89. The molecule has 0 aliphatic rings. The Hall–Kier alpha value is -0.130. The van der Waals surface area contributed by atoms with Crippen molar-refractivity contribution in [1.82, 2.24) is 10.4 Å². The molecule has 1 aromatic rings. The fourth-order valence-corrected chi connectivity index (χ4v) is 0.368. The number of hydrogen-bond acceptors (Lipinski definition) is 3. The van der Waals surface area contributed by atoms with E-state index in [1.165, 1.54) is 0 Å². The molecule has 0 bridgehead atoms. The zero-order valence-corrected chi connectivity index (χ0v) is 4.92. The Morgan fingerprint density at radius 3 is 2.83 bits per heavy atom. The van der Waals surface area contributed by atoms with Gasteiger partial charge in [-0.05, 0) is 0 Å². The zero-order valence-electron chi connectivity index (χ0n) is 2.76. The lowest BCUT2D eigenvalue weighted by atomic mass is 11.0. The molecule has 1 heterocycles. The van der Waals surface area contributed by atoms with Crippen LogP contribution in [0.5, 0.6) is 0 Å². The first-order valence-electron chi connectivity index (χ1n) is 1.32. The minimum absolute atomic E-state index is 0.715. The molecule has 0 amide bonds. The van der Waals surface area contributed by atoms with Crippen molar-refractivity contribution in [3.05, 3.63) is 9.96 Å². The van der Waals surface area contributed by atoms with Crippen molar-refractivity contribution in [3.8, 4) is 0 Å². The Balaban J connectivity index is 3.05. The van der Waals surface area contributed by atoms with E-state index in [0.29, 0.717) is 3.77 Å². The van der Waals surface area contributed by atoms with Crippen LogP contribution < -0.4 is 0 Å². The summed E-state index contributed by atoms with van der Waals surface area (Å²) in [6, 6.07) is 0. The van der Waals surface area contributed by atoms with E-state index in [9.17, 15) is 0 Å². The van der Waals surface area contributed by atoms with Crippen molar-refractivity contribution in [1.29, 1.82) is 0 Å². The normalized spacial score (nSPS) is 8.83. The van der Waals surface area contributed by atoms with Gasteiger partial charge in [-0.2, -0.15) is 0 Å². The Morgan fingerprint density at radius 1 is 1.83 bits per heavy atom. The predicted octanol–water partition coefficient (Wildman–Crippen LogP) is 0.674. The highest BCUT2D eigenvalue weighted by molar-refractivity contribution is 14.1. The molecule has 0 radical (unpaired) electrons. The lowest BCUT2D eigenvalue weighted by Gasteiger charge is -1.59. The van der Waals surface area contributed by atoms with Gasteiger partial charge in [0.15, 0.2) is 0 Å². The van der Waals surface area contributed by atoms with Crippen LogP contribution in [0.25, 0.3) is 0 Å². The molecular formula is C2HIN2O. The number of halogens is 1. The van der Waals surface area contributed by atoms with E-state index >= 15 is 0 Å². The van der Waals surface area contributed by atoms with Crippen molar-refractivity contribution in [2.24, 2.45) is 0 Å². The van der Waals surface area contributed by atoms with E-state index < -0.39 is 0 Å². The van der Waals surface area contributed by atoms with E-state index in [2.05, 4.69) is 14.9 Å².